The van der Waals surface area contributed by atoms with E-state index in [2.05, 4.69) is 5.48 Å². The summed E-state index contributed by atoms with van der Waals surface area (Å²) < 4.78 is 5.09. The molecule has 0 aliphatic rings. The van der Waals surface area contributed by atoms with Crippen LogP contribution in [-0.4, -0.2) is 23.0 Å². The van der Waals surface area contributed by atoms with Crippen molar-refractivity contribution in [3.8, 4) is 5.75 Å². The summed E-state index contributed by atoms with van der Waals surface area (Å²) in [5.74, 6) is -0.480. The lowest BCUT2D eigenvalue weighted by Gasteiger charge is -2.18. The molecule has 7 nitrogen and oxygen atoms in total. The number of carbonyl (C=O) groups is 1. The molecule has 0 fully saturated rings. The van der Waals surface area contributed by atoms with Gasteiger partial charge in [-0.3, -0.25) is 19.7 Å². The van der Waals surface area contributed by atoms with Crippen molar-refractivity contribution in [2.45, 2.75) is 26.4 Å². The normalized spacial score (nSPS) is 10.9. The fraction of sp³-hybridized carbons (Fsp3) is 0.417. The predicted octanol–water partition coefficient (Wildman–Crippen LogP) is 1.82. The molecule has 1 amide bonds. The number of hydrogen-bond donors (Lipinski definition) is 1. The highest BCUT2D eigenvalue weighted by Gasteiger charge is 2.16. The first-order valence-electron chi connectivity index (χ1n) is 5.62. The molecule has 0 bridgehead atoms. The number of hydroxylamine groups is 1. The molecule has 1 N–H and O–H groups in total. The monoisotopic (exact) mass is 268 g/mol. The lowest BCUT2D eigenvalue weighted by atomic mass is 10.2. The van der Waals surface area contributed by atoms with E-state index in [1.807, 2.05) is 0 Å². The summed E-state index contributed by atoms with van der Waals surface area (Å²) in [5, 5.41) is 10.7. The van der Waals surface area contributed by atoms with Crippen molar-refractivity contribution < 1.29 is 19.3 Å². The summed E-state index contributed by atoms with van der Waals surface area (Å²) in [7, 11) is 0. The maximum Gasteiger partial charge on any atom is 0.310 e. The molecule has 104 valence electrons. The lowest BCUT2D eigenvalue weighted by Crippen LogP contribution is -2.36. The van der Waals surface area contributed by atoms with Crippen LogP contribution in [0, 0.1) is 10.1 Å². The molecule has 19 heavy (non-hydrogen) atoms. The second-order valence-corrected chi connectivity index (χ2v) is 4.75. The van der Waals surface area contributed by atoms with Gasteiger partial charge in [0.15, 0.2) is 12.4 Å². The third kappa shape index (κ3) is 5.35. The third-order valence-electron chi connectivity index (χ3n) is 1.89. The Morgan fingerprint density at radius 1 is 1.37 bits per heavy atom. The van der Waals surface area contributed by atoms with Crippen LogP contribution in [0.25, 0.3) is 0 Å². The first-order valence-corrected chi connectivity index (χ1v) is 5.62. The Hall–Kier alpha value is -2.15. The molecule has 0 heterocycles. The zero-order valence-electron chi connectivity index (χ0n) is 11.0. The first kappa shape index (κ1) is 14.9. The van der Waals surface area contributed by atoms with Gasteiger partial charge in [0.2, 0.25) is 0 Å². The fourth-order valence-corrected chi connectivity index (χ4v) is 1.11. The molecule has 0 aliphatic heterocycles. The van der Waals surface area contributed by atoms with Crippen molar-refractivity contribution in [2.75, 3.05) is 6.61 Å². The minimum Gasteiger partial charge on any atom is -0.477 e. The Labute approximate surface area is 110 Å². The third-order valence-corrected chi connectivity index (χ3v) is 1.89. The highest BCUT2D eigenvalue weighted by Crippen LogP contribution is 2.25. The first-order chi connectivity index (χ1) is 8.79. The molecule has 0 saturated carbocycles. The summed E-state index contributed by atoms with van der Waals surface area (Å²) in [6, 6.07) is 5.84. The van der Waals surface area contributed by atoms with Crippen molar-refractivity contribution in [2.24, 2.45) is 0 Å². The van der Waals surface area contributed by atoms with E-state index < -0.39 is 16.4 Å². The van der Waals surface area contributed by atoms with Gasteiger partial charge in [-0.1, -0.05) is 12.1 Å². The van der Waals surface area contributed by atoms with Gasteiger partial charge in [0.25, 0.3) is 5.91 Å². The van der Waals surface area contributed by atoms with Gasteiger partial charge < -0.3 is 4.74 Å². The molecule has 1 rings (SSSR count). The van der Waals surface area contributed by atoms with Crippen LogP contribution in [0.3, 0.4) is 0 Å². The molecule has 1 aromatic rings. The van der Waals surface area contributed by atoms with E-state index in [0.717, 1.165) is 0 Å². The maximum absolute atomic E-state index is 11.4. The number of nitro benzene ring substituents is 1. The fourth-order valence-electron chi connectivity index (χ4n) is 1.11. The van der Waals surface area contributed by atoms with E-state index in [9.17, 15) is 14.9 Å². The minimum atomic E-state index is -0.571. The number of hydrogen-bond acceptors (Lipinski definition) is 5. The van der Waals surface area contributed by atoms with Gasteiger partial charge in [-0.25, -0.2) is 5.48 Å². The number of rotatable bonds is 5. The van der Waals surface area contributed by atoms with Crippen molar-refractivity contribution >= 4 is 11.6 Å². The summed E-state index contributed by atoms with van der Waals surface area (Å²) in [6.07, 6.45) is 0. The van der Waals surface area contributed by atoms with Gasteiger partial charge in [-0.15, -0.1) is 0 Å². The summed E-state index contributed by atoms with van der Waals surface area (Å²) >= 11 is 0. The number of amides is 1. The molecule has 0 radical (unpaired) electrons. The van der Waals surface area contributed by atoms with E-state index in [1.165, 1.54) is 18.2 Å². The second kappa shape index (κ2) is 6.14. The zero-order chi connectivity index (χ0) is 14.5. The van der Waals surface area contributed by atoms with E-state index >= 15 is 0 Å². The van der Waals surface area contributed by atoms with Crippen LogP contribution in [0.15, 0.2) is 24.3 Å². The van der Waals surface area contributed by atoms with Crippen molar-refractivity contribution in [1.29, 1.82) is 0 Å². The zero-order valence-corrected chi connectivity index (χ0v) is 11.0. The second-order valence-electron chi connectivity index (χ2n) is 4.75. The molecule has 1 aromatic carbocycles. The van der Waals surface area contributed by atoms with Crippen LogP contribution in [0.5, 0.6) is 5.75 Å². The van der Waals surface area contributed by atoms with E-state index in [4.69, 9.17) is 9.57 Å². The molecular formula is C12H16N2O5. The topological polar surface area (TPSA) is 90.7 Å². The van der Waals surface area contributed by atoms with Crippen LogP contribution in [0.4, 0.5) is 5.69 Å². The number of para-hydroxylation sites is 2. The van der Waals surface area contributed by atoms with Crippen LogP contribution < -0.4 is 10.2 Å². The lowest BCUT2D eigenvalue weighted by molar-refractivity contribution is -0.385. The molecule has 0 aliphatic carbocycles. The maximum atomic E-state index is 11.4. The van der Waals surface area contributed by atoms with Gasteiger partial charge in [0.1, 0.15) is 0 Å². The summed E-state index contributed by atoms with van der Waals surface area (Å²) in [4.78, 5) is 26.6. The minimum absolute atomic E-state index is 0.0402. The van der Waals surface area contributed by atoms with Crippen LogP contribution in [0.2, 0.25) is 0 Å². The standard InChI is InChI=1S/C12H16N2O5/c1-12(2,3)19-13-11(15)8-18-10-7-5-4-6-9(10)14(16)17/h4-7H,8H2,1-3H3,(H,13,15). The largest absolute Gasteiger partial charge is 0.477 e. The number of carbonyl (C=O) groups excluding carboxylic acids is 1. The number of nitrogens with zero attached hydrogens (tertiary/aromatic N) is 1. The molecular weight excluding hydrogens is 252 g/mol. The smallest absolute Gasteiger partial charge is 0.310 e. The molecule has 0 unspecified atom stereocenters. The molecule has 0 saturated heterocycles. The number of nitro groups is 1. The quantitative estimate of drug-likeness (QED) is 0.649. The number of benzene rings is 1. The summed E-state index contributed by atoms with van der Waals surface area (Å²) in [6.45, 7) is 4.96. The highest BCUT2D eigenvalue weighted by atomic mass is 16.7. The van der Waals surface area contributed by atoms with Crippen molar-refractivity contribution in [1.82, 2.24) is 5.48 Å². The Bertz CT molecular complexity index is 467. The Balaban J connectivity index is 2.53. The van der Waals surface area contributed by atoms with Gasteiger partial charge in [-0.05, 0) is 26.8 Å². The van der Waals surface area contributed by atoms with Crippen LogP contribution in [0.1, 0.15) is 20.8 Å². The van der Waals surface area contributed by atoms with Crippen molar-refractivity contribution in [3.05, 3.63) is 34.4 Å². The van der Waals surface area contributed by atoms with Gasteiger partial charge in [-0.2, -0.15) is 0 Å². The molecule has 0 spiro atoms. The number of ether oxygens (including phenoxy) is 1. The molecule has 0 atom stereocenters. The van der Waals surface area contributed by atoms with Crippen LogP contribution in [-0.2, 0) is 9.63 Å². The van der Waals surface area contributed by atoms with E-state index in [1.54, 1.807) is 26.8 Å². The highest BCUT2D eigenvalue weighted by molar-refractivity contribution is 5.76. The van der Waals surface area contributed by atoms with Crippen molar-refractivity contribution in [3.63, 3.8) is 0 Å². The number of nitrogens with one attached hydrogen (secondary N) is 1. The Kier molecular flexibility index (Phi) is 4.82. The predicted molar refractivity (Wildman–Crippen MR) is 67.6 cm³/mol. The van der Waals surface area contributed by atoms with E-state index in [0.29, 0.717) is 0 Å². The Morgan fingerprint density at radius 2 is 2.00 bits per heavy atom. The SMILES string of the molecule is CC(C)(C)ONC(=O)COc1ccccc1[N+](=O)[O-]. The van der Waals surface area contributed by atoms with Crippen LogP contribution >= 0.6 is 0 Å². The Morgan fingerprint density at radius 3 is 2.58 bits per heavy atom. The van der Waals surface area contributed by atoms with Gasteiger partial charge in [0.05, 0.1) is 10.5 Å². The average molecular weight is 268 g/mol. The molecule has 7 heteroatoms. The van der Waals surface area contributed by atoms with E-state index in [-0.39, 0.29) is 18.0 Å². The van der Waals surface area contributed by atoms with Gasteiger partial charge in [0, 0.05) is 6.07 Å². The van der Waals surface area contributed by atoms with Gasteiger partial charge >= 0.3 is 5.69 Å². The average Bonchev–Trinajstić information content (AvgIpc) is 2.33. The summed E-state index contributed by atoms with van der Waals surface area (Å²) in [5.41, 5.74) is 1.50. The molecule has 0 aromatic heterocycles.